The molecule has 0 unspecified atom stereocenters. The summed E-state index contributed by atoms with van der Waals surface area (Å²) in [5.41, 5.74) is 11.8. The average molecular weight is 678 g/mol. The Morgan fingerprint density at radius 1 is 0.453 bits per heavy atom. The lowest BCUT2D eigenvalue weighted by Gasteiger charge is -2.13. The standard InChI is InChI=1S/C46H27N7/c47-28-30-19-23-32(24-20-30)46-45(49-50-53(46)33-25-21-31(29-48)22-26-33)39-14-8-18-43-44(39)38-13-3-6-17-42(38)52(43)35-10-7-9-34(27-35)51-40-15-4-1-11-36(40)37-12-2-5-16-41(37)51/h1-27H. The minimum Gasteiger partial charge on any atom is -0.309 e. The number of hydrogen-bond donors (Lipinski definition) is 0. The van der Waals surface area contributed by atoms with Crippen LogP contribution in [0.4, 0.5) is 0 Å². The van der Waals surface area contributed by atoms with E-state index in [1.165, 1.54) is 10.8 Å². The molecule has 0 saturated carbocycles. The van der Waals surface area contributed by atoms with Crippen LogP contribution in [0.5, 0.6) is 0 Å². The highest BCUT2D eigenvalue weighted by molar-refractivity contribution is 6.16. The zero-order valence-electron chi connectivity index (χ0n) is 28.2. The topological polar surface area (TPSA) is 88.2 Å². The number of para-hydroxylation sites is 3. The minimum atomic E-state index is 0.564. The van der Waals surface area contributed by atoms with Gasteiger partial charge in [-0.3, -0.25) is 0 Å². The molecule has 7 heteroatoms. The van der Waals surface area contributed by atoms with Crippen molar-refractivity contribution in [3.8, 4) is 51.7 Å². The fourth-order valence-electron chi connectivity index (χ4n) is 7.75. The van der Waals surface area contributed by atoms with Gasteiger partial charge in [-0.05, 0) is 78.9 Å². The van der Waals surface area contributed by atoms with Gasteiger partial charge in [0.05, 0.1) is 51.0 Å². The van der Waals surface area contributed by atoms with Gasteiger partial charge < -0.3 is 9.13 Å². The quantitative estimate of drug-likeness (QED) is 0.181. The molecule has 10 aromatic rings. The molecule has 0 aliphatic rings. The Hall–Kier alpha value is -7.74. The van der Waals surface area contributed by atoms with Gasteiger partial charge in [0.25, 0.3) is 0 Å². The first-order valence-corrected chi connectivity index (χ1v) is 17.3. The molecule has 53 heavy (non-hydrogen) atoms. The third kappa shape index (κ3) is 4.66. The number of aromatic nitrogens is 5. The average Bonchev–Trinajstić information content (AvgIpc) is 3.92. The molecule has 7 aromatic carbocycles. The fraction of sp³-hybridized carbons (Fsp3) is 0. The van der Waals surface area contributed by atoms with Crippen LogP contribution in [-0.2, 0) is 0 Å². The van der Waals surface area contributed by atoms with Crippen molar-refractivity contribution in [3.63, 3.8) is 0 Å². The molecule has 0 saturated heterocycles. The van der Waals surface area contributed by atoms with Gasteiger partial charge in [0.15, 0.2) is 0 Å². The molecule has 0 aliphatic heterocycles. The van der Waals surface area contributed by atoms with Gasteiger partial charge in [0.1, 0.15) is 11.4 Å². The molecule has 3 aromatic heterocycles. The summed E-state index contributed by atoms with van der Waals surface area (Å²) in [6.45, 7) is 0. The Morgan fingerprint density at radius 3 is 1.58 bits per heavy atom. The first kappa shape index (κ1) is 30.1. The lowest BCUT2D eigenvalue weighted by atomic mass is 9.99. The summed E-state index contributed by atoms with van der Waals surface area (Å²) in [6.07, 6.45) is 0. The van der Waals surface area contributed by atoms with Gasteiger partial charge in [-0.25, -0.2) is 4.68 Å². The van der Waals surface area contributed by atoms with E-state index >= 15 is 0 Å². The van der Waals surface area contributed by atoms with E-state index in [-0.39, 0.29) is 0 Å². The maximum atomic E-state index is 9.54. The van der Waals surface area contributed by atoms with Gasteiger partial charge in [0.2, 0.25) is 0 Å². The van der Waals surface area contributed by atoms with Crippen molar-refractivity contribution in [3.05, 3.63) is 175 Å². The predicted molar refractivity (Wildman–Crippen MR) is 210 cm³/mol. The van der Waals surface area contributed by atoms with Crippen LogP contribution in [0.3, 0.4) is 0 Å². The zero-order valence-corrected chi connectivity index (χ0v) is 28.2. The maximum absolute atomic E-state index is 9.54. The second-order valence-corrected chi connectivity index (χ2v) is 13.0. The summed E-state index contributed by atoms with van der Waals surface area (Å²) < 4.78 is 6.49. The number of benzene rings is 7. The van der Waals surface area contributed by atoms with Crippen LogP contribution in [0.2, 0.25) is 0 Å². The van der Waals surface area contributed by atoms with Crippen LogP contribution in [-0.4, -0.2) is 24.1 Å². The summed E-state index contributed by atoms with van der Waals surface area (Å²) in [5, 5.41) is 33.1. The van der Waals surface area contributed by atoms with Gasteiger partial charge in [-0.1, -0.05) is 90.1 Å². The minimum absolute atomic E-state index is 0.564. The number of nitriles is 2. The van der Waals surface area contributed by atoms with Gasteiger partial charge >= 0.3 is 0 Å². The summed E-state index contributed by atoms with van der Waals surface area (Å²) in [4.78, 5) is 0. The Labute approximate surface area is 304 Å². The van der Waals surface area contributed by atoms with Gasteiger partial charge in [0, 0.05) is 44.0 Å². The molecule has 10 rings (SSSR count). The molecular weight excluding hydrogens is 651 g/mol. The van der Waals surface area contributed by atoms with Gasteiger partial charge in [-0.15, -0.1) is 5.10 Å². The van der Waals surface area contributed by atoms with E-state index in [4.69, 9.17) is 5.10 Å². The van der Waals surface area contributed by atoms with E-state index in [1.807, 2.05) is 41.1 Å². The van der Waals surface area contributed by atoms with Crippen molar-refractivity contribution in [1.29, 1.82) is 10.5 Å². The number of hydrogen-bond acceptors (Lipinski definition) is 4. The molecular formula is C46H27N7. The lowest BCUT2D eigenvalue weighted by Crippen LogP contribution is -2.00. The number of fused-ring (bicyclic) bond motifs is 6. The molecule has 0 spiro atoms. The fourth-order valence-corrected chi connectivity index (χ4v) is 7.75. The molecule has 246 valence electrons. The molecule has 0 fully saturated rings. The third-order valence-electron chi connectivity index (χ3n) is 10.1. The third-order valence-corrected chi connectivity index (χ3v) is 10.1. The summed E-state index contributed by atoms with van der Waals surface area (Å²) in [6, 6.07) is 59.9. The maximum Gasteiger partial charge on any atom is 0.122 e. The van der Waals surface area contributed by atoms with Crippen molar-refractivity contribution in [1.82, 2.24) is 24.1 Å². The van der Waals surface area contributed by atoms with Crippen LogP contribution < -0.4 is 0 Å². The highest BCUT2D eigenvalue weighted by Crippen LogP contribution is 2.42. The largest absolute Gasteiger partial charge is 0.309 e. The van der Waals surface area contributed by atoms with Gasteiger partial charge in [-0.2, -0.15) is 10.5 Å². The molecule has 0 radical (unpaired) electrons. The van der Waals surface area contributed by atoms with E-state index in [0.29, 0.717) is 16.8 Å². The van der Waals surface area contributed by atoms with Crippen LogP contribution in [0.15, 0.2) is 164 Å². The predicted octanol–water partition coefficient (Wildman–Crippen LogP) is 10.5. The second kappa shape index (κ2) is 11.9. The molecule has 3 heterocycles. The Bertz CT molecular complexity index is 3070. The highest BCUT2D eigenvalue weighted by atomic mass is 15.4. The van der Waals surface area contributed by atoms with Crippen molar-refractivity contribution in [2.75, 3.05) is 0 Å². The van der Waals surface area contributed by atoms with Crippen LogP contribution in [0.25, 0.3) is 83.2 Å². The Kier molecular flexibility index (Phi) is 6.79. The lowest BCUT2D eigenvalue weighted by molar-refractivity contribution is 0.808. The molecule has 0 bridgehead atoms. The summed E-state index contributed by atoms with van der Waals surface area (Å²) in [5.74, 6) is 0. The van der Waals surface area contributed by atoms with E-state index in [1.54, 1.807) is 12.1 Å². The molecule has 0 amide bonds. The van der Waals surface area contributed by atoms with E-state index in [2.05, 4.69) is 142 Å². The molecule has 0 atom stereocenters. The highest BCUT2D eigenvalue weighted by Gasteiger charge is 2.23. The second-order valence-electron chi connectivity index (χ2n) is 13.0. The summed E-state index contributed by atoms with van der Waals surface area (Å²) >= 11 is 0. The van der Waals surface area contributed by atoms with E-state index < -0.39 is 0 Å². The van der Waals surface area contributed by atoms with E-state index in [9.17, 15) is 10.5 Å². The smallest absolute Gasteiger partial charge is 0.122 e. The Morgan fingerprint density at radius 2 is 0.962 bits per heavy atom. The SMILES string of the molecule is N#Cc1ccc(-c2c(-c3cccc4c3c3ccccc3n4-c3cccc(-n4c5ccccc5c5ccccc54)c3)nnn2-c2ccc(C#N)cc2)cc1. The Balaban J connectivity index is 1.21. The van der Waals surface area contributed by atoms with Crippen molar-refractivity contribution in [2.24, 2.45) is 0 Å². The normalized spacial score (nSPS) is 11.4. The molecule has 0 N–H and O–H groups in total. The van der Waals surface area contributed by atoms with Crippen LogP contribution in [0, 0.1) is 22.7 Å². The van der Waals surface area contributed by atoms with Crippen molar-refractivity contribution < 1.29 is 0 Å². The number of rotatable bonds is 5. The van der Waals surface area contributed by atoms with Crippen molar-refractivity contribution in [2.45, 2.75) is 0 Å². The van der Waals surface area contributed by atoms with Crippen molar-refractivity contribution >= 4 is 43.6 Å². The number of nitrogens with zero attached hydrogens (tertiary/aromatic N) is 7. The van der Waals surface area contributed by atoms with Crippen LogP contribution >= 0.6 is 0 Å². The van der Waals surface area contributed by atoms with E-state index in [0.717, 1.165) is 66.7 Å². The first-order chi connectivity index (χ1) is 26.2. The summed E-state index contributed by atoms with van der Waals surface area (Å²) in [7, 11) is 0. The molecule has 0 aliphatic carbocycles. The molecule has 7 nitrogen and oxygen atoms in total. The zero-order chi connectivity index (χ0) is 35.5. The monoisotopic (exact) mass is 677 g/mol. The van der Waals surface area contributed by atoms with Crippen LogP contribution in [0.1, 0.15) is 11.1 Å². The first-order valence-electron chi connectivity index (χ1n) is 17.3.